The molecule has 0 spiro atoms. The molecule has 38 heavy (non-hydrogen) atoms. The summed E-state index contributed by atoms with van der Waals surface area (Å²) in [7, 11) is 1.58. The fourth-order valence-corrected chi connectivity index (χ4v) is 5.04. The average molecular weight is 512 g/mol. The maximum absolute atomic E-state index is 11.8. The van der Waals surface area contributed by atoms with Crippen LogP contribution in [0.4, 0.5) is 11.4 Å². The van der Waals surface area contributed by atoms with Crippen LogP contribution < -0.4 is 25.2 Å². The van der Waals surface area contributed by atoms with Crippen LogP contribution in [0.3, 0.4) is 0 Å². The topological polar surface area (TPSA) is 102 Å². The molecule has 6 rings (SSSR count). The molecule has 0 amide bonds. The first-order valence-corrected chi connectivity index (χ1v) is 12.7. The van der Waals surface area contributed by atoms with Gasteiger partial charge in [-0.05, 0) is 36.8 Å². The number of hydrogen-bond acceptors (Lipinski definition) is 8. The summed E-state index contributed by atoms with van der Waals surface area (Å²) in [5.74, 6) is 2.19. The largest absolute Gasteiger partial charge is 0.480 e. The fourth-order valence-electron chi connectivity index (χ4n) is 5.04. The van der Waals surface area contributed by atoms with Gasteiger partial charge in [0.2, 0.25) is 11.4 Å². The molecule has 4 aromatic rings. The highest BCUT2D eigenvalue weighted by Crippen LogP contribution is 2.43. The van der Waals surface area contributed by atoms with E-state index < -0.39 is 0 Å². The van der Waals surface area contributed by atoms with Gasteiger partial charge in [0.05, 0.1) is 37.8 Å². The summed E-state index contributed by atoms with van der Waals surface area (Å²) >= 11 is 0. The minimum Gasteiger partial charge on any atom is -0.480 e. The van der Waals surface area contributed by atoms with E-state index in [2.05, 4.69) is 49.4 Å². The van der Waals surface area contributed by atoms with Gasteiger partial charge in [0.25, 0.3) is 0 Å². The number of anilines is 2. The lowest BCUT2D eigenvalue weighted by Gasteiger charge is -2.36. The standard InChI is InChI=1S/C29H29N5O4/c1-18(24-15-30-16-28(33-24)36-2)32-21-6-7-25-20(13-21)12-19-4-3-5-23(29(19)38-25)26-17-34(10-11-37-26)22-8-9-31-27(35)14-22/h3-9,13-16,18,26,32H,10-12,17H2,1-2H3,(H,31,35). The number of nitrogens with zero attached hydrogens (tertiary/aromatic N) is 3. The first-order valence-electron chi connectivity index (χ1n) is 12.7. The minimum absolute atomic E-state index is 0.0503. The predicted molar refractivity (Wildman–Crippen MR) is 144 cm³/mol. The van der Waals surface area contributed by atoms with E-state index >= 15 is 0 Å². The van der Waals surface area contributed by atoms with Crippen molar-refractivity contribution in [2.45, 2.75) is 25.5 Å². The quantitative estimate of drug-likeness (QED) is 0.341. The van der Waals surface area contributed by atoms with Gasteiger partial charge in [-0.25, -0.2) is 4.98 Å². The number of aromatic amines is 1. The van der Waals surface area contributed by atoms with E-state index in [0.717, 1.165) is 58.2 Å². The Kier molecular flexibility index (Phi) is 6.43. The number of benzene rings is 2. The molecule has 9 nitrogen and oxygen atoms in total. The van der Waals surface area contributed by atoms with E-state index in [-0.39, 0.29) is 17.7 Å². The van der Waals surface area contributed by atoms with Gasteiger partial charge in [0, 0.05) is 54.3 Å². The van der Waals surface area contributed by atoms with Gasteiger partial charge < -0.3 is 29.4 Å². The second kappa shape index (κ2) is 10.2. The summed E-state index contributed by atoms with van der Waals surface area (Å²) in [5.41, 5.74) is 5.82. The number of methoxy groups -OCH3 is 1. The van der Waals surface area contributed by atoms with Crippen LogP contribution in [0.5, 0.6) is 17.4 Å². The number of ether oxygens (including phenoxy) is 3. The highest BCUT2D eigenvalue weighted by atomic mass is 16.5. The van der Waals surface area contributed by atoms with E-state index in [1.54, 1.807) is 31.8 Å². The molecular weight excluding hydrogens is 482 g/mol. The SMILES string of the molecule is COc1cncc(C(C)Nc2ccc3c(c2)Cc2cccc(C4CN(c5cc[nH]c(=O)c5)CCO4)c2O3)n1. The molecule has 0 aliphatic carbocycles. The lowest BCUT2D eigenvalue weighted by molar-refractivity contribution is 0.0384. The molecule has 2 unspecified atom stereocenters. The van der Waals surface area contributed by atoms with Crippen LogP contribution in [0, 0.1) is 0 Å². The van der Waals surface area contributed by atoms with Crippen molar-refractivity contribution >= 4 is 11.4 Å². The average Bonchev–Trinajstić information content (AvgIpc) is 2.96. The first kappa shape index (κ1) is 24.0. The molecule has 0 radical (unpaired) electrons. The Hall–Kier alpha value is -4.37. The molecule has 0 bridgehead atoms. The van der Waals surface area contributed by atoms with Gasteiger partial charge >= 0.3 is 0 Å². The maximum Gasteiger partial charge on any atom is 0.249 e. The normalized spacial score (nSPS) is 17.1. The summed E-state index contributed by atoms with van der Waals surface area (Å²) in [6.45, 7) is 3.99. The van der Waals surface area contributed by atoms with E-state index in [1.807, 2.05) is 25.1 Å². The van der Waals surface area contributed by atoms with Crippen molar-refractivity contribution in [1.82, 2.24) is 15.0 Å². The van der Waals surface area contributed by atoms with Gasteiger partial charge in [-0.2, -0.15) is 0 Å². The molecule has 2 aromatic heterocycles. The van der Waals surface area contributed by atoms with Crippen LogP contribution in [-0.2, 0) is 11.2 Å². The van der Waals surface area contributed by atoms with Crippen molar-refractivity contribution in [3.63, 3.8) is 0 Å². The zero-order valence-corrected chi connectivity index (χ0v) is 21.3. The molecule has 1 fully saturated rings. The Bertz CT molecular complexity index is 1520. The molecule has 0 saturated carbocycles. The molecule has 1 saturated heterocycles. The number of fused-ring (bicyclic) bond motifs is 2. The molecule has 2 atom stereocenters. The van der Waals surface area contributed by atoms with Gasteiger partial charge in [-0.1, -0.05) is 18.2 Å². The highest BCUT2D eigenvalue weighted by Gasteiger charge is 2.29. The second-order valence-corrected chi connectivity index (χ2v) is 9.51. The zero-order chi connectivity index (χ0) is 26.1. The minimum atomic E-state index is -0.162. The predicted octanol–water partition coefficient (Wildman–Crippen LogP) is 4.62. The van der Waals surface area contributed by atoms with Crippen molar-refractivity contribution in [2.75, 3.05) is 37.0 Å². The van der Waals surface area contributed by atoms with Gasteiger partial charge in [-0.3, -0.25) is 9.78 Å². The number of morpholine rings is 1. The fraction of sp³-hybridized carbons (Fsp3) is 0.276. The van der Waals surface area contributed by atoms with Crippen LogP contribution in [0.15, 0.2) is 71.9 Å². The van der Waals surface area contributed by atoms with Crippen LogP contribution in [0.25, 0.3) is 0 Å². The van der Waals surface area contributed by atoms with Crippen LogP contribution >= 0.6 is 0 Å². The number of para-hydroxylation sites is 1. The maximum atomic E-state index is 11.8. The Balaban J connectivity index is 1.21. The molecule has 2 N–H and O–H groups in total. The van der Waals surface area contributed by atoms with Crippen molar-refractivity contribution in [1.29, 1.82) is 0 Å². The second-order valence-electron chi connectivity index (χ2n) is 9.51. The van der Waals surface area contributed by atoms with E-state index in [0.29, 0.717) is 19.0 Å². The number of hydrogen-bond donors (Lipinski definition) is 2. The Morgan fingerprint density at radius 2 is 2.08 bits per heavy atom. The van der Waals surface area contributed by atoms with Gasteiger partial charge in [-0.15, -0.1) is 0 Å². The zero-order valence-electron chi connectivity index (χ0n) is 21.3. The third kappa shape index (κ3) is 4.80. The third-order valence-corrected chi connectivity index (χ3v) is 6.98. The summed E-state index contributed by atoms with van der Waals surface area (Å²) in [6.07, 6.45) is 5.61. The number of nitrogens with one attached hydrogen (secondary N) is 2. The molecule has 194 valence electrons. The summed E-state index contributed by atoms with van der Waals surface area (Å²) < 4.78 is 17.9. The first-order chi connectivity index (χ1) is 18.6. The van der Waals surface area contributed by atoms with Crippen molar-refractivity contribution in [2.24, 2.45) is 0 Å². The van der Waals surface area contributed by atoms with Gasteiger partial charge in [0.1, 0.15) is 17.6 Å². The summed E-state index contributed by atoms with van der Waals surface area (Å²) in [6, 6.07) is 15.9. The van der Waals surface area contributed by atoms with Crippen LogP contribution in [0.1, 0.15) is 41.5 Å². The molecule has 2 aliphatic rings. The molecule has 2 aromatic carbocycles. The third-order valence-electron chi connectivity index (χ3n) is 6.98. The monoisotopic (exact) mass is 511 g/mol. The number of aromatic nitrogens is 3. The molecule has 2 aliphatic heterocycles. The number of pyridine rings is 1. The lowest BCUT2D eigenvalue weighted by atomic mass is 9.95. The Morgan fingerprint density at radius 3 is 2.95 bits per heavy atom. The smallest absolute Gasteiger partial charge is 0.249 e. The summed E-state index contributed by atoms with van der Waals surface area (Å²) in [4.78, 5) is 25.4. The summed E-state index contributed by atoms with van der Waals surface area (Å²) in [5, 5.41) is 3.51. The highest BCUT2D eigenvalue weighted by molar-refractivity contribution is 5.59. The van der Waals surface area contributed by atoms with E-state index in [4.69, 9.17) is 14.2 Å². The molecule has 4 heterocycles. The van der Waals surface area contributed by atoms with Crippen molar-refractivity contribution in [3.8, 4) is 17.4 Å². The number of H-pyrrole nitrogens is 1. The van der Waals surface area contributed by atoms with Crippen molar-refractivity contribution in [3.05, 3.63) is 99.9 Å². The van der Waals surface area contributed by atoms with E-state index in [9.17, 15) is 4.79 Å². The molecular formula is C29H29N5O4. The van der Waals surface area contributed by atoms with E-state index in [1.165, 1.54) is 0 Å². The molecule has 9 heteroatoms. The Labute approximate surface area is 220 Å². The van der Waals surface area contributed by atoms with Crippen LogP contribution in [-0.4, -0.2) is 41.8 Å². The van der Waals surface area contributed by atoms with Gasteiger partial charge in [0.15, 0.2) is 0 Å². The van der Waals surface area contributed by atoms with Crippen LogP contribution in [0.2, 0.25) is 0 Å². The lowest BCUT2D eigenvalue weighted by Crippen LogP contribution is -2.39. The van der Waals surface area contributed by atoms with Crippen molar-refractivity contribution < 1.29 is 14.2 Å². The Morgan fingerprint density at radius 1 is 1.16 bits per heavy atom. The number of rotatable bonds is 6.